The highest BCUT2D eigenvalue weighted by Crippen LogP contribution is 2.44. The highest BCUT2D eigenvalue weighted by atomic mass is 32.1. The fourth-order valence-corrected chi connectivity index (χ4v) is 5.40. The van der Waals surface area contributed by atoms with Crippen LogP contribution in [0.1, 0.15) is 37.1 Å². The Morgan fingerprint density at radius 1 is 1.14 bits per heavy atom. The number of nitrogens with one attached hydrogen (secondary N) is 3. The van der Waals surface area contributed by atoms with E-state index in [-0.39, 0.29) is 6.03 Å². The quantitative estimate of drug-likeness (QED) is 0.323. The number of anilines is 2. The van der Waals surface area contributed by atoms with Crippen LogP contribution in [0.4, 0.5) is 15.7 Å². The molecule has 2 amide bonds. The number of rotatable bonds is 7. The number of para-hydroxylation sites is 1. The summed E-state index contributed by atoms with van der Waals surface area (Å²) in [6, 6.07) is 12.1. The fourth-order valence-electron chi connectivity index (χ4n) is 4.33. The average molecular weight is 488 g/mol. The van der Waals surface area contributed by atoms with Crippen LogP contribution in [0.2, 0.25) is 0 Å². The first kappa shape index (κ1) is 23.0. The molecule has 0 saturated heterocycles. The van der Waals surface area contributed by atoms with Crippen molar-refractivity contribution < 1.29 is 4.79 Å². The van der Waals surface area contributed by atoms with Gasteiger partial charge in [0.1, 0.15) is 5.82 Å². The third kappa shape index (κ3) is 4.51. The summed E-state index contributed by atoms with van der Waals surface area (Å²) in [5, 5.41) is 14.7. The smallest absolute Gasteiger partial charge is 0.321 e. The van der Waals surface area contributed by atoms with Gasteiger partial charge >= 0.3 is 6.03 Å². The third-order valence-corrected chi connectivity index (χ3v) is 7.02. The lowest BCUT2D eigenvalue weighted by Crippen LogP contribution is -2.29. The van der Waals surface area contributed by atoms with Gasteiger partial charge in [-0.2, -0.15) is 5.10 Å². The zero-order valence-electron chi connectivity index (χ0n) is 20.2. The van der Waals surface area contributed by atoms with Crippen LogP contribution in [0, 0.1) is 6.92 Å². The predicted octanol–water partition coefficient (Wildman–Crippen LogP) is 5.43. The van der Waals surface area contributed by atoms with Crippen molar-refractivity contribution in [1.82, 2.24) is 25.1 Å². The van der Waals surface area contributed by atoms with Crippen LogP contribution in [0.5, 0.6) is 0 Å². The Labute approximate surface area is 208 Å². The van der Waals surface area contributed by atoms with E-state index in [9.17, 15) is 4.79 Å². The Hall–Kier alpha value is -3.72. The number of fused-ring (bicyclic) bond motifs is 3. The van der Waals surface area contributed by atoms with Gasteiger partial charge in [-0.05, 0) is 56.9 Å². The first-order valence-electron chi connectivity index (χ1n) is 12.0. The predicted molar refractivity (Wildman–Crippen MR) is 142 cm³/mol. The maximum absolute atomic E-state index is 12.2. The lowest BCUT2D eigenvalue weighted by Gasteiger charge is -2.15. The lowest BCUT2D eigenvalue weighted by molar-refractivity contribution is 0.252. The Morgan fingerprint density at radius 3 is 2.74 bits per heavy atom. The summed E-state index contributed by atoms with van der Waals surface area (Å²) < 4.78 is 2.04. The number of urea groups is 1. The number of aromatic nitrogens is 4. The summed E-state index contributed by atoms with van der Waals surface area (Å²) in [6.45, 7) is 7.63. The number of carbonyl (C=O) groups is 1. The van der Waals surface area contributed by atoms with Crippen LogP contribution < -0.4 is 16.0 Å². The molecule has 4 aromatic rings. The standard InChI is InChI=1S/C26H29N7OS/c1-4-14-28-25(34)31-26-30-19-12-11-18-22(17-10-13-21(27-5-2)29-15-17)32-33(23(18)24(19)35-26)20-9-7-6-8-16(20)3/h6-10,13,15H,4-5,11-12,14H2,1-3H3,(H,27,29)(H2,28,30,31,34). The highest BCUT2D eigenvalue weighted by Gasteiger charge is 2.30. The Balaban J connectivity index is 1.61. The summed E-state index contributed by atoms with van der Waals surface area (Å²) >= 11 is 1.50. The second-order valence-corrected chi connectivity index (χ2v) is 9.51. The monoisotopic (exact) mass is 487 g/mol. The molecule has 180 valence electrons. The molecule has 0 radical (unpaired) electrons. The van der Waals surface area contributed by atoms with Crippen LogP contribution in [-0.2, 0) is 12.8 Å². The molecule has 1 aromatic carbocycles. The Bertz CT molecular complexity index is 1360. The minimum absolute atomic E-state index is 0.224. The van der Waals surface area contributed by atoms with E-state index in [4.69, 9.17) is 10.1 Å². The molecule has 3 heterocycles. The van der Waals surface area contributed by atoms with E-state index in [2.05, 4.69) is 53.0 Å². The highest BCUT2D eigenvalue weighted by molar-refractivity contribution is 7.19. The van der Waals surface area contributed by atoms with Gasteiger partial charge in [0.25, 0.3) is 0 Å². The largest absolute Gasteiger partial charge is 0.370 e. The van der Waals surface area contributed by atoms with Gasteiger partial charge in [-0.25, -0.2) is 19.4 Å². The van der Waals surface area contributed by atoms with Crippen LogP contribution in [-0.4, -0.2) is 38.9 Å². The minimum Gasteiger partial charge on any atom is -0.370 e. The molecule has 0 fully saturated rings. The van der Waals surface area contributed by atoms with E-state index in [1.54, 1.807) is 0 Å². The number of pyridine rings is 1. The van der Waals surface area contributed by atoms with Crippen molar-refractivity contribution in [2.45, 2.75) is 40.0 Å². The number of amides is 2. The molecule has 0 bridgehead atoms. The third-order valence-electron chi connectivity index (χ3n) is 6.00. The normalized spacial score (nSPS) is 12.1. The van der Waals surface area contributed by atoms with Gasteiger partial charge in [0.05, 0.1) is 27.6 Å². The molecule has 35 heavy (non-hydrogen) atoms. The van der Waals surface area contributed by atoms with Crippen molar-refractivity contribution in [2.75, 3.05) is 23.7 Å². The van der Waals surface area contributed by atoms with Crippen molar-refractivity contribution in [3.8, 4) is 27.5 Å². The molecule has 0 atom stereocenters. The number of aryl methyl sites for hydroxylation is 2. The zero-order valence-corrected chi connectivity index (χ0v) is 21.0. The summed E-state index contributed by atoms with van der Waals surface area (Å²) in [5.41, 5.74) is 7.32. The first-order chi connectivity index (χ1) is 17.1. The Kier molecular flexibility index (Phi) is 6.50. The van der Waals surface area contributed by atoms with Crippen LogP contribution in [0.15, 0.2) is 42.6 Å². The average Bonchev–Trinajstić information content (AvgIpc) is 3.45. The van der Waals surface area contributed by atoms with Gasteiger partial charge in [0.2, 0.25) is 0 Å². The van der Waals surface area contributed by atoms with E-state index in [1.807, 2.05) is 36.0 Å². The first-order valence-corrected chi connectivity index (χ1v) is 12.8. The number of hydrogen-bond donors (Lipinski definition) is 3. The molecule has 1 aliphatic rings. The van der Waals surface area contributed by atoms with E-state index < -0.39 is 0 Å². The molecular formula is C26H29N7OS. The maximum Gasteiger partial charge on any atom is 0.321 e. The molecule has 1 aliphatic carbocycles. The van der Waals surface area contributed by atoms with Gasteiger partial charge < -0.3 is 10.6 Å². The molecule has 0 unspecified atom stereocenters. The van der Waals surface area contributed by atoms with Gasteiger partial charge in [-0.1, -0.05) is 36.5 Å². The molecule has 3 N–H and O–H groups in total. The van der Waals surface area contributed by atoms with Gasteiger partial charge in [0.15, 0.2) is 5.13 Å². The number of thiazole rings is 1. The summed E-state index contributed by atoms with van der Waals surface area (Å²) in [5.74, 6) is 0.852. The molecule has 5 rings (SSSR count). The second kappa shape index (κ2) is 9.87. The number of nitrogens with zero attached hydrogens (tertiary/aromatic N) is 4. The van der Waals surface area contributed by atoms with Crippen molar-refractivity contribution >= 4 is 28.3 Å². The van der Waals surface area contributed by atoms with E-state index >= 15 is 0 Å². The number of benzene rings is 1. The molecule has 3 aromatic heterocycles. The molecule has 0 spiro atoms. The van der Waals surface area contributed by atoms with Crippen molar-refractivity contribution in [2.24, 2.45) is 0 Å². The van der Waals surface area contributed by atoms with Gasteiger partial charge in [-0.15, -0.1) is 0 Å². The molecule has 8 nitrogen and oxygen atoms in total. The zero-order chi connectivity index (χ0) is 24.4. The molecule has 9 heteroatoms. The van der Waals surface area contributed by atoms with Crippen molar-refractivity contribution in [3.05, 3.63) is 59.4 Å². The second-order valence-electron chi connectivity index (χ2n) is 8.51. The van der Waals surface area contributed by atoms with E-state index in [1.165, 1.54) is 16.9 Å². The number of hydrogen-bond acceptors (Lipinski definition) is 6. The topological polar surface area (TPSA) is 96.8 Å². The summed E-state index contributed by atoms with van der Waals surface area (Å²) in [6.07, 6.45) is 4.39. The van der Waals surface area contributed by atoms with E-state index in [0.29, 0.717) is 11.7 Å². The van der Waals surface area contributed by atoms with Crippen LogP contribution in [0.25, 0.3) is 27.5 Å². The Morgan fingerprint density at radius 2 is 2.00 bits per heavy atom. The summed E-state index contributed by atoms with van der Waals surface area (Å²) in [4.78, 5) is 22.6. The molecule has 0 saturated carbocycles. The fraction of sp³-hybridized carbons (Fsp3) is 0.308. The SMILES string of the molecule is CCCNC(=O)Nc1nc2c(s1)-c1c(c(-c3ccc(NCC)nc3)nn1-c1ccccc1C)CC2. The van der Waals surface area contributed by atoms with Crippen LogP contribution >= 0.6 is 11.3 Å². The van der Waals surface area contributed by atoms with Crippen molar-refractivity contribution in [3.63, 3.8) is 0 Å². The number of carbonyl (C=O) groups excluding carboxylic acids is 1. The molecular weight excluding hydrogens is 458 g/mol. The van der Waals surface area contributed by atoms with Crippen LogP contribution in [0.3, 0.4) is 0 Å². The molecule has 0 aliphatic heterocycles. The van der Waals surface area contributed by atoms with Gasteiger partial charge in [0, 0.05) is 30.4 Å². The minimum atomic E-state index is -0.224. The van der Waals surface area contributed by atoms with E-state index in [0.717, 1.165) is 70.4 Å². The van der Waals surface area contributed by atoms with Gasteiger partial charge in [-0.3, -0.25) is 5.32 Å². The maximum atomic E-state index is 12.2. The van der Waals surface area contributed by atoms with Crippen molar-refractivity contribution in [1.29, 1.82) is 0 Å². The summed E-state index contributed by atoms with van der Waals surface area (Å²) in [7, 11) is 0. The lowest BCUT2D eigenvalue weighted by atomic mass is 9.95.